The number of rotatable bonds is 4. The van der Waals surface area contributed by atoms with Gasteiger partial charge in [0, 0.05) is 44.1 Å². The molecule has 1 amide bonds. The summed E-state index contributed by atoms with van der Waals surface area (Å²) < 4.78 is 7.26. The summed E-state index contributed by atoms with van der Waals surface area (Å²) in [6.07, 6.45) is 7.31. The first-order valence-corrected chi connectivity index (χ1v) is 10.5. The smallest absolute Gasteiger partial charge is 0.410 e. The van der Waals surface area contributed by atoms with Crippen molar-refractivity contribution in [1.82, 2.24) is 24.6 Å². The number of nitrogens with zero attached hydrogens (tertiary/aromatic N) is 5. The number of aromatic nitrogens is 4. The molecule has 2 aromatic heterocycles. The van der Waals surface area contributed by atoms with Crippen LogP contribution < -0.4 is 10.6 Å². The molecule has 0 aromatic carbocycles. The first-order valence-electron chi connectivity index (χ1n) is 10.5. The van der Waals surface area contributed by atoms with Gasteiger partial charge < -0.3 is 20.3 Å². The van der Waals surface area contributed by atoms with Crippen molar-refractivity contribution in [1.29, 1.82) is 0 Å². The highest BCUT2D eigenvalue weighted by molar-refractivity contribution is 5.68. The van der Waals surface area contributed by atoms with Crippen LogP contribution in [-0.2, 0) is 11.8 Å². The van der Waals surface area contributed by atoms with E-state index in [-0.39, 0.29) is 6.09 Å². The van der Waals surface area contributed by atoms with E-state index in [2.05, 4.69) is 25.7 Å². The first-order chi connectivity index (χ1) is 14.2. The van der Waals surface area contributed by atoms with Crippen LogP contribution in [0.2, 0.25) is 0 Å². The number of carbonyl (C=O) groups is 1. The largest absolute Gasteiger partial charge is 0.444 e. The number of amides is 1. The van der Waals surface area contributed by atoms with Crippen LogP contribution >= 0.6 is 0 Å². The molecule has 0 bridgehead atoms. The van der Waals surface area contributed by atoms with E-state index < -0.39 is 5.60 Å². The number of carbonyl (C=O) groups excluding carboxylic acids is 1. The number of hydrogen-bond donors (Lipinski definition) is 2. The van der Waals surface area contributed by atoms with Crippen LogP contribution in [0.15, 0.2) is 18.6 Å². The Morgan fingerprint density at radius 3 is 2.50 bits per heavy atom. The molecule has 30 heavy (non-hydrogen) atoms. The molecule has 0 spiro atoms. The Balaban J connectivity index is 1.34. The summed E-state index contributed by atoms with van der Waals surface area (Å²) in [5.41, 5.74) is 1.41. The Labute approximate surface area is 177 Å². The number of likely N-dealkylation sites (tertiary alicyclic amines) is 1. The van der Waals surface area contributed by atoms with Crippen molar-refractivity contribution in [3.63, 3.8) is 0 Å². The third-order valence-corrected chi connectivity index (χ3v) is 5.68. The number of aryl methyl sites for hydroxylation is 2. The zero-order valence-corrected chi connectivity index (χ0v) is 18.3. The van der Waals surface area contributed by atoms with Crippen LogP contribution in [0.1, 0.15) is 39.2 Å². The molecule has 9 nitrogen and oxygen atoms in total. The lowest BCUT2D eigenvalue weighted by Gasteiger charge is -2.25. The van der Waals surface area contributed by atoms with Gasteiger partial charge in [0.1, 0.15) is 11.4 Å². The molecular weight excluding hydrogens is 382 g/mol. The zero-order valence-electron chi connectivity index (χ0n) is 18.3. The Kier molecular flexibility index (Phi) is 5.29. The molecule has 0 radical (unpaired) electrons. The Bertz CT molecular complexity index is 906. The van der Waals surface area contributed by atoms with Gasteiger partial charge in [0.25, 0.3) is 0 Å². The number of hydrogen-bond acceptors (Lipinski definition) is 7. The molecule has 1 saturated heterocycles. The predicted molar refractivity (Wildman–Crippen MR) is 115 cm³/mol. The fourth-order valence-electron chi connectivity index (χ4n) is 4.35. The van der Waals surface area contributed by atoms with Crippen molar-refractivity contribution in [3.05, 3.63) is 24.2 Å². The van der Waals surface area contributed by atoms with Crippen LogP contribution in [0.4, 0.5) is 22.2 Å². The second kappa shape index (κ2) is 7.77. The molecule has 2 fully saturated rings. The third kappa shape index (κ3) is 4.66. The molecule has 1 aliphatic carbocycles. The summed E-state index contributed by atoms with van der Waals surface area (Å²) in [5, 5.41) is 10.9. The number of fused-ring (bicyclic) bond motifs is 1. The Morgan fingerprint density at radius 1 is 1.20 bits per heavy atom. The molecule has 2 aliphatic rings. The van der Waals surface area contributed by atoms with Gasteiger partial charge >= 0.3 is 6.09 Å². The van der Waals surface area contributed by atoms with Crippen molar-refractivity contribution in [2.75, 3.05) is 23.7 Å². The molecule has 3 heterocycles. The molecule has 2 atom stereocenters. The SMILES string of the molecule is Cc1cnc(Nc2cnn(C)c2)nc1NC1CC2CN(C(=O)OC(C)(C)C)CC2C1. The Morgan fingerprint density at radius 2 is 1.90 bits per heavy atom. The number of anilines is 3. The van der Waals surface area contributed by atoms with Crippen molar-refractivity contribution >= 4 is 23.5 Å². The molecule has 162 valence electrons. The van der Waals surface area contributed by atoms with E-state index in [0.717, 1.165) is 43.0 Å². The van der Waals surface area contributed by atoms with Crippen LogP contribution in [0.5, 0.6) is 0 Å². The van der Waals surface area contributed by atoms with E-state index in [1.165, 1.54) is 0 Å². The van der Waals surface area contributed by atoms with E-state index in [9.17, 15) is 4.79 Å². The predicted octanol–water partition coefficient (Wildman–Crippen LogP) is 3.32. The van der Waals surface area contributed by atoms with Crippen molar-refractivity contribution < 1.29 is 9.53 Å². The molecule has 2 N–H and O–H groups in total. The maximum Gasteiger partial charge on any atom is 0.410 e. The van der Waals surface area contributed by atoms with Gasteiger partial charge in [-0.1, -0.05) is 0 Å². The average molecular weight is 414 g/mol. The Hall–Kier alpha value is -2.84. The van der Waals surface area contributed by atoms with Crippen molar-refractivity contribution in [2.24, 2.45) is 18.9 Å². The van der Waals surface area contributed by atoms with Crippen molar-refractivity contribution in [2.45, 2.75) is 52.2 Å². The highest BCUT2D eigenvalue weighted by atomic mass is 16.6. The zero-order chi connectivity index (χ0) is 21.5. The molecular formula is C21H31N7O2. The van der Waals surface area contributed by atoms with Gasteiger partial charge in [-0.15, -0.1) is 0 Å². The molecule has 1 saturated carbocycles. The van der Waals surface area contributed by atoms with E-state index in [1.54, 1.807) is 10.9 Å². The fourth-order valence-corrected chi connectivity index (χ4v) is 4.35. The van der Waals surface area contributed by atoms with Gasteiger partial charge in [-0.25, -0.2) is 9.78 Å². The molecule has 2 aromatic rings. The highest BCUT2D eigenvalue weighted by Crippen LogP contribution is 2.39. The summed E-state index contributed by atoms with van der Waals surface area (Å²) in [6.45, 7) is 9.27. The van der Waals surface area contributed by atoms with E-state index in [0.29, 0.717) is 23.8 Å². The molecule has 9 heteroatoms. The van der Waals surface area contributed by atoms with Gasteiger partial charge in [0.15, 0.2) is 0 Å². The van der Waals surface area contributed by atoms with Crippen LogP contribution in [0, 0.1) is 18.8 Å². The van der Waals surface area contributed by atoms with Crippen molar-refractivity contribution in [3.8, 4) is 0 Å². The minimum absolute atomic E-state index is 0.195. The van der Waals surface area contributed by atoms with Crippen LogP contribution in [-0.4, -0.2) is 55.5 Å². The molecule has 4 rings (SSSR count). The topological polar surface area (TPSA) is 97.2 Å². The summed E-state index contributed by atoms with van der Waals surface area (Å²) in [6, 6.07) is 0.348. The third-order valence-electron chi connectivity index (χ3n) is 5.68. The maximum absolute atomic E-state index is 12.4. The summed E-state index contributed by atoms with van der Waals surface area (Å²) >= 11 is 0. The maximum atomic E-state index is 12.4. The lowest BCUT2D eigenvalue weighted by molar-refractivity contribution is 0.0280. The minimum atomic E-state index is -0.453. The monoisotopic (exact) mass is 413 g/mol. The van der Waals surface area contributed by atoms with E-state index in [4.69, 9.17) is 4.74 Å². The summed E-state index contributed by atoms with van der Waals surface area (Å²) in [4.78, 5) is 23.3. The van der Waals surface area contributed by atoms with Gasteiger partial charge in [-0.2, -0.15) is 10.1 Å². The average Bonchev–Trinajstić information content (AvgIpc) is 3.31. The standard InChI is InChI=1S/C21H31N7O2/c1-13-8-22-19(25-17-9-23-27(5)12-17)26-18(13)24-16-6-14-10-28(11-15(14)7-16)20(29)30-21(2,3)4/h8-9,12,14-16H,6-7,10-11H2,1-5H3,(H2,22,24,25,26). The fraction of sp³-hybridized carbons (Fsp3) is 0.619. The van der Waals surface area contributed by atoms with Gasteiger partial charge in [0.2, 0.25) is 5.95 Å². The first kappa shape index (κ1) is 20.4. The minimum Gasteiger partial charge on any atom is -0.444 e. The molecule has 2 unspecified atom stereocenters. The van der Waals surface area contributed by atoms with E-state index in [1.807, 2.05) is 52.0 Å². The lowest BCUT2D eigenvalue weighted by atomic mass is 10.0. The number of ether oxygens (including phenoxy) is 1. The lowest BCUT2D eigenvalue weighted by Crippen LogP contribution is -2.36. The van der Waals surface area contributed by atoms with Gasteiger partial charge in [0.05, 0.1) is 11.9 Å². The van der Waals surface area contributed by atoms with Gasteiger partial charge in [-0.05, 0) is 52.4 Å². The van der Waals surface area contributed by atoms with Crippen LogP contribution in [0.25, 0.3) is 0 Å². The summed E-state index contributed by atoms with van der Waals surface area (Å²) in [7, 11) is 1.87. The van der Waals surface area contributed by atoms with E-state index >= 15 is 0 Å². The summed E-state index contributed by atoms with van der Waals surface area (Å²) in [5.74, 6) is 2.41. The molecule has 1 aliphatic heterocycles. The second-order valence-corrected chi connectivity index (χ2v) is 9.47. The number of nitrogens with one attached hydrogen (secondary N) is 2. The quantitative estimate of drug-likeness (QED) is 0.793. The second-order valence-electron chi connectivity index (χ2n) is 9.47. The van der Waals surface area contributed by atoms with Crippen LogP contribution in [0.3, 0.4) is 0 Å². The van der Waals surface area contributed by atoms with Gasteiger partial charge in [-0.3, -0.25) is 4.68 Å². The highest BCUT2D eigenvalue weighted by Gasteiger charge is 2.43. The normalized spacial score (nSPS) is 23.4.